The van der Waals surface area contributed by atoms with E-state index in [1.807, 2.05) is 11.3 Å². The first-order chi connectivity index (χ1) is 26.3. The molecule has 0 aliphatic heterocycles. The molecule has 1 spiro atoms. The lowest BCUT2D eigenvalue weighted by Gasteiger charge is -2.32. The van der Waals surface area contributed by atoms with Crippen LogP contribution in [0.1, 0.15) is 22.3 Å². The molecule has 11 rings (SSSR count). The molecule has 8 aromatic carbocycles. The molecule has 1 atom stereocenters. The van der Waals surface area contributed by atoms with Gasteiger partial charge in [-0.05, 0) is 109 Å². The molecule has 0 saturated carbocycles. The van der Waals surface area contributed by atoms with Gasteiger partial charge in [0.25, 0.3) is 0 Å². The number of anilines is 3. The summed E-state index contributed by atoms with van der Waals surface area (Å²) in [6.45, 7) is 0. The van der Waals surface area contributed by atoms with Crippen LogP contribution in [0.5, 0.6) is 0 Å². The average molecular weight is 692 g/mol. The Kier molecular flexibility index (Phi) is 6.71. The van der Waals surface area contributed by atoms with Crippen LogP contribution in [-0.4, -0.2) is 0 Å². The van der Waals surface area contributed by atoms with E-state index in [4.69, 9.17) is 0 Å². The topological polar surface area (TPSA) is 3.24 Å². The Bertz CT molecular complexity index is 2730. The van der Waals surface area contributed by atoms with Crippen molar-refractivity contribution in [2.75, 3.05) is 4.90 Å². The molecule has 0 radical (unpaired) electrons. The van der Waals surface area contributed by atoms with Crippen LogP contribution < -0.4 is 4.90 Å². The number of hydrogen-bond donors (Lipinski definition) is 0. The van der Waals surface area contributed by atoms with E-state index < -0.39 is 5.41 Å². The molecule has 1 nitrogen and oxygen atoms in total. The predicted molar refractivity (Wildman–Crippen MR) is 224 cm³/mol. The number of nitrogens with zero attached hydrogens (tertiary/aromatic N) is 1. The first-order valence-corrected chi connectivity index (χ1v) is 19.1. The number of hydrogen-bond acceptors (Lipinski definition) is 2. The first-order valence-electron chi connectivity index (χ1n) is 18.3. The molecule has 53 heavy (non-hydrogen) atoms. The van der Waals surface area contributed by atoms with E-state index in [1.54, 1.807) is 0 Å². The molecular formula is C51H33NS. The van der Waals surface area contributed by atoms with Gasteiger partial charge in [-0.3, -0.25) is 0 Å². The molecule has 0 saturated heterocycles. The van der Waals surface area contributed by atoms with E-state index in [9.17, 15) is 0 Å². The van der Waals surface area contributed by atoms with E-state index in [2.05, 4.69) is 205 Å². The minimum absolute atomic E-state index is 0.423. The highest BCUT2D eigenvalue weighted by Crippen LogP contribution is 2.66. The number of thiophene rings is 1. The largest absolute Gasteiger partial charge is 0.310 e. The zero-order valence-corrected chi connectivity index (χ0v) is 29.7. The summed E-state index contributed by atoms with van der Waals surface area (Å²) in [4.78, 5) is 3.81. The Balaban J connectivity index is 1.15. The van der Waals surface area contributed by atoms with Gasteiger partial charge in [-0.15, -0.1) is 11.3 Å². The number of rotatable bonds is 5. The third kappa shape index (κ3) is 4.43. The van der Waals surface area contributed by atoms with E-state index >= 15 is 0 Å². The summed E-state index contributed by atoms with van der Waals surface area (Å²) >= 11 is 1.93. The molecule has 248 valence electrons. The summed E-state index contributed by atoms with van der Waals surface area (Å²) in [5.41, 5.74) is 17.3. The summed E-state index contributed by atoms with van der Waals surface area (Å²) < 4.78 is 1.34. The summed E-state index contributed by atoms with van der Waals surface area (Å²) in [7, 11) is 0. The molecule has 0 N–H and O–H groups in total. The highest BCUT2D eigenvalue weighted by molar-refractivity contribution is 7.22. The average Bonchev–Trinajstić information content (AvgIpc) is 3.86. The third-order valence-electron chi connectivity index (χ3n) is 11.3. The summed E-state index contributed by atoms with van der Waals surface area (Å²) in [6, 6.07) is 73.7. The molecule has 1 aromatic heterocycles. The van der Waals surface area contributed by atoms with Gasteiger partial charge in [-0.1, -0.05) is 158 Å². The van der Waals surface area contributed by atoms with Gasteiger partial charge >= 0.3 is 0 Å². The Morgan fingerprint density at radius 1 is 0.358 bits per heavy atom. The Morgan fingerprint density at radius 3 is 1.47 bits per heavy atom. The molecule has 0 bridgehead atoms. The number of benzene rings is 8. The quantitative estimate of drug-likeness (QED) is 0.174. The smallest absolute Gasteiger partial charge is 0.0740 e. The van der Waals surface area contributed by atoms with E-state index in [0.717, 1.165) is 17.1 Å². The van der Waals surface area contributed by atoms with Crippen molar-refractivity contribution in [2.24, 2.45) is 0 Å². The Morgan fingerprint density at radius 2 is 0.830 bits per heavy atom. The maximum Gasteiger partial charge on any atom is 0.0740 e. The zero-order chi connectivity index (χ0) is 34.9. The van der Waals surface area contributed by atoms with Crippen molar-refractivity contribution in [2.45, 2.75) is 5.41 Å². The summed E-state index contributed by atoms with van der Waals surface area (Å²) in [5, 5.41) is 1.35. The predicted octanol–water partition coefficient (Wildman–Crippen LogP) is 14.0. The fourth-order valence-electron chi connectivity index (χ4n) is 9.03. The van der Waals surface area contributed by atoms with E-state index in [1.165, 1.54) is 76.2 Å². The maximum atomic E-state index is 2.49. The van der Waals surface area contributed by atoms with Crippen LogP contribution in [0.2, 0.25) is 0 Å². The minimum atomic E-state index is -0.423. The third-order valence-corrected chi connectivity index (χ3v) is 12.5. The van der Waals surface area contributed by atoms with Gasteiger partial charge in [-0.25, -0.2) is 0 Å². The second kappa shape index (κ2) is 11.8. The lowest BCUT2D eigenvalue weighted by Crippen LogP contribution is -2.26. The molecule has 0 amide bonds. The molecule has 2 aliphatic carbocycles. The van der Waals surface area contributed by atoms with Crippen molar-refractivity contribution in [1.29, 1.82) is 0 Å². The summed E-state index contributed by atoms with van der Waals surface area (Å²) in [6.07, 6.45) is 0. The Hall–Kier alpha value is -6.48. The molecular weight excluding hydrogens is 659 g/mol. The van der Waals surface area contributed by atoms with Gasteiger partial charge in [-0.2, -0.15) is 0 Å². The maximum absolute atomic E-state index is 2.49. The number of fused-ring (bicyclic) bond motifs is 12. The van der Waals surface area contributed by atoms with Crippen molar-refractivity contribution >= 4 is 38.5 Å². The van der Waals surface area contributed by atoms with Crippen LogP contribution in [0, 0.1) is 0 Å². The molecule has 2 aliphatic rings. The second-order valence-electron chi connectivity index (χ2n) is 14.0. The lowest BCUT2D eigenvalue weighted by atomic mass is 9.70. The lowest BCUT2D eigenvalue weighted by molar-refractivity contribution is 0.802. The molecule has 2 heteroatoms. The highest BCUT2D eigenvalue weighted by Gasteiger charge is 2.53. The van der Waals surface area contributed by atoms with Crippen molar-refractivity contribution in [3.8, 4) is 43.8 Å². The van der Waals surface area contributed by atoms with Gasteiger partial charge in [0.15, 0.2) is 0 Å². The van der Waals surface area contributed by atoms with Gasteiger partial charge in [0.05, 0.1) is 5.41 Å². The van der Waals surface area contributed by atoms with E-state index in [0.29, 0.717) is 0 Å². The van der Waals surface area contributed by atoms with Crippen LogP contribution >= 0.6 is 11.3 Å². The van der Waals surface area contributed by atoms with E-state index in [-0.39, 0.29) is 0 Å². The molecule has 0 fully saturated rings. The second-order valence-corrected chi connectivity index (χ2v) is 15.1. The van der Waals surface area contributed by atoms with Gasteiger partial charge in [0, 0.05) is 26.6 Å². The molecule has 9 aromatic rings. The van der Waals surface area contributed by atoms with Crippen LogP contribution in [0.3, 0.4) is 0 Å². The molecule has 1 unspecified atom stereocenters. The monoisotopic (exact) mass is 691 g/mol. The van der Waals surface area contributed by atoms with Crippen molar-refractivity contribution in [1.82, 2.24) is 0 Å². The fraction of sp³-hybridized carbons (Fsp3) is 0.0196. The van der Waals surface area contributed by atoms with Crippen LogP contribution in [0.15, 0.2) is 200 Å². The fourth-order valence-corrected chi connectivity index (χ4v) is 10.3. The van der Waals surface area contributed by atoms with Gasteiger partial charge in [0.1, 0.15) is 0 Å². The molecule has 1 heterocycles. The van der Waals surface area contributed by atoms with Crippen molar-refractivity contribution in [3.63, 3.8) is 0 Å². The highest BCUT2D eigenvalue weighted by atomic mass is 32.1. The van der Waals surface area contributed by atoms with Gasteiger partial charge < -0.3 is 4.90 Å². The zero-order valence-electron chi connectivity index (χ0n) is 28.9. The van der Waals surface area contributed by atoms with Crippen LogP contribution in [-0.2, 0) is 5.41 Å². The first kappa shape index (κ1) is 30.2. The summed E-state index contributed by atoms with van der Waals surface area (Å²) in [5.74, 6) is 0. The van der Waals surface area contributed by atoms with Crippen molar-refractivity contribution in [3.05, 3.63) is 222 Å². The SMILES string of the molecule is c1ccc(-c2ccc(N(c3ccc(-c4ccccc4)cc3)c3ccc4c(c3)C3(c5ccccc5-4)c4ccccc4-c4sc5ccccc5c43)cc2)cc1. The standard InChI is InChI=1S/C51H33NS/c1-3-13-34(14-4-1)36-23-27-38(28-24-36)52(39-29-25-37(26-30-39)35-15-5-2-6-16-35)40-31-32-42-41-17-7-10-20-45(41)51(47(42)33-40)46-21-11-8-18-43(46)50-49(51)44-19-9-12-22-48(44)53-50/h1-33H. The van der Waals surface area contributed by atoms with Gasteiger partial charge in [0.2, 0.25) is 0 Å². The van der Waals surface area contributed by atoms with Crippen LogP contribution in [0.4, 0.5) is 17.1 Å². The minimum Gasteiger partial charge on any atom is -0.310 e. The Labute approximate surface area is 313 Å². The van der Waals surface area contributed by atoms with Crippen molar-refractivity contribution < 1.29 is 0 Å². The van der Waals surface area contributed by atoms with Crippen LogP contribution in [0.25, 0.3) is 53.9 Å². The normalized spacial score (nSPS) is 14.9.